The molecule has 0 bridgehead atoms. The summed E-state index contributed by atoms with van der Waals surface area (Å²) in [6, 6.07) is 9.56. The number of carbonyl (C=O) groups is 1. The fraction of sp³-hybridized carbons (Fsp3) is 0.273. The first kappa shape index (κ1) is 9.86. The van der Waals surface area contributed by atoms with Crippen molar-refractivity contribution < 1.29 is 9.90 Å². The number of benzene rings is 1. The average molecular weight is 204 g/mol. The quantitative estimate of drug-likeness (QED) is 0.737. The van der Waals surface area contributed by atoms with Crippen molar-refractivity contribution in [2.75, 3.05) is 6.61 Å². The Morgan fingerprint density at radius 3 is 2.80 bits per heavy atom. The van der Waals surface area contributed by atoms with Crippen molar-refractivity contribution in [1.82, 2.24) is 5.43 Å². The van der Waals surface area contributed by atoms with E-state index in [9.17, 15) is 9.90 Å². The molecule has 1 heterocycles. The molecule has 4 heteroatoms. The van der Waals surface area contributed by atoms with Crippen LogP contribution in [0, 0.1) is 5.92 Å². The Balaban J connectivity index is 2.31. The van der Waals surface area contributed by atoms with Gasteiger partial charge in [-0.15, -0.1) is 0 Å². The van der Waals surface area contributed by atoms with Gasteiger partial charge in [0, 0.05) is 12.3 Å². The molecule has 1 amide bonds. The van der Waals surface area contributed by atoms with E-state index < -0.39 is 0 Å². The van der Waals surface area contributed by atoms with E-state index in [1.54, 1.807) is 0 Å². The van der Waals surface area contributed by atoms with Crippen LogP contribution in [-0.2, 0) is 4.79 Å². The highest BCUT2D eigenvalue weighted by Crippen LogP contribution is 2.16. The Morgan fingerprint density at radius 1 is 1.40 bits per heavy atom. The van der Waals surface area contributed by atoms with E-state index >= 15 is 0 Å². The minimum absolute atomic E-state index is 0.0544. The molecule has 78 valence electrons. The standard InChI is InChI=1S/C11H12N2O2/c14-7-9-6-10(15)12-13-11(9)8-4-2-1-3-5-8/h1-5,9,14H,6-7H2,(H,12,15). The molecule has 0 saturated heterocycles. The summed E-state index contributed by atoms with van der Waals surface area (Å²) in [6.07, 6.45) is 0.296. The number of hydrogen-bond acceptors (Lipinski definition) is 3. The minimum Gasteiger partial charge on any atom is -0.396 e. The summed E-state index contributed by atoms with van der Waals surface area (Å²) in [7, 11) is 0. The number of aliphatic hydroxyl groups is 1. The molecule has 0 spiro atoms. The first-order chi connectivity index (χ1) is 7.31. The first-order valence-electron chi connectivity index (χ1n) is 4.84. The van der Waals surface area contributed by atoms with Crippen LogP contribution in [0.5, 0.6) is 0 Å². The van der Waals surface area contributed by atoms with Gasteiger partial charge < -0.3 is 5.11 Å². The Morgan fingerprint density at radius 2 is 2.13 bits per heavy atom. The third-order valence-corrected chi connectivity index (χ3v) is 2.41. The van der Waals surface area contributed by atoms with Crippen LogP contribution in [0.2, 0.25) is 0 Å². The normalized spacial score (nSPS) is 20.7. The van der Waals surface area contributed by atoms with Gasteiger partial charge in [0.2, 0.25) is 5.91 Å². The van der Waals surface area contributed by atoms with Crippen LogP contribution >= 0.6 is 0 Å². The summed E-state index contributed by atoms with van der Waals surface area (Å²) in [5.41, 5.74) is 4.12. The lowest BCUT2D eigenvalue weighted by atomic mass is 9.93. The van der Waals surface area contributed by atoms with Crippen LogP contribution in [0.25, 0.3) is 0 Å². The van der Waals surface area contributed by atoms with Crippen molar-refractivity contribution in [1.29, 1.82) is 0 Å². The van der Waals surface area contributed by atoms with Crippen LogP contribution < -0.4 is 5.43 Å². The lowest BCUT2D eigenvalue weighted by molar-refractivity contribution is -0.122. The number of nitrogens with one attached hydrogen (secondary N) is 1. The second-order valence-corrected chi connectivity index (χ2v) is 3.48. The van der Waals surface area contributed by atoms with Gasteiger partial charge in [0.15, 0.2) is 0 Å². The van der Waals surface area contributed by atoms with Crippen molar-refractivity contribution in [2.45, 2.75) is 6.42 Å². The highest BCUT2D eigenvalue weighted by atomic mass is 16.3. The van der Waals surface area contributed by atoms with Gasteiger partial charge in [0.1, 0.15) is 0 Å². The van der Waals surface area contributed by atoms with E-state index in [-0.39, 0.29) is 18.4 Å². The van der Waals surface area contributed by atoms with Crippen molar-refractivity contribution in [3.05, 3.63) is 35.9 Å². The van der Waals surface area contributed by atoms with E-state index in [1.807, 2.05) is 30.3 Å². The van der Waals surface area contributed by atoms with Crippen LogP contribution in [0.3, 0.4) is 0 Å². The van der Waals surface area contributed by atoms with E-state index in [0.29, 0.717) is 6.42 Å². The predicted octanol–water partition coefficient (Wildman–Crippen LogP) is 0.519. The Hall–Kier alpha value is -1.68. The SMILES string of the molecule is O=C1CC(CO)C(c2ccccc2)=NN1. The Bertz CT molecular complexity index is 387. The smallest absolute Gasteiger partial charge is 0.240 e. The van der Waals surface area contributed by atoms with Crippen LogP contribution in [0.4, 0.5) is 0 Å². The van der Waals surface area contributed by atoms with Crippen LogP contribution in [0.15, 0.2) is 35.4 Å². The minimum atomic E-state index is -0.193. The predicted molar refractivity (Wildman–Crippen MR) is 56.3 cm³/mol. The van der Waals surface area contributed by atoms with Gasteiger partial charge in [-0.1, -0.05) is 30.3 Å². The average Bonchev–Trinajstić information content (AvgIpc) is 2.30. The molecule has 0 saturated carbocycles. The largest absolute Gasteiger partial charge is 0.396 e. The molecule has 0 radical (unpaired) electrons. The molecular formula is C11H12N2O2. The van der Waals surface area contributed by atoms with Gasteiger partial charge in [0.25, 0.3) is 0 Å². The molecule has 2 rings (SSSR count). The van der Waals surface area contributed by atoms with Gasteiger partial charge in [-0.2, -0.15) is 5.10 Å². The molecule has 2 N–H and O–H groups in total. The fourth-order valence-electron chi connectivity index (χ4n) is 1.64. The number of carbonyl (C=O) groups excluding carboxylic acids is 1. The van der Waals surface area contributed by atoms with Gasteiger partial charge in [-0.25, -0.2) is 5.43 Å². The summed E-state index contributed by atoms with van der Waals surface area (Å²) in [4.78, 5) is 11.1. The van der Waals surface area contributed by atoms with Crippen molar-refractivity contribution >= 4 is 11.6 Å². The second-order valence-electron chi connectivity index (χ2n) is 3.48. The molecule has 1 aliphatic rings. The number of aliphatic hydroxyl groups excluding tert-OH is 1. The third kappa shape index (κ3) is 2.05. The van der Waals surface area contributed by atoms with E-state index in [2.05, 4.69) is 10.5 Å². The molecule has 0 fully saturated rings. The van der Waals surface area contributed by atoms with Gasteiger partial charge in [-0.3, -0.25) is 4.79 Å². The van der Waals surface area contributed by atoms with E-state index in [4.69, 9.17) is 0 Å². The summed E-state index contributed by atoms with van der Waals surface area (Å²) in [5, 5.41) is 13.2. The Labute approximate surface area is 87.6 Å². The highest BCUT2D eigenvalue weighted by Gasteiger charge is 2.24. The Kier molecular flexibility index (Phi) is 2.78. The lowest BCUT2D eigenvalue weighted by Crippen LogP contribution is -2.35. The van der Waals surface area contributed by atoms with Crippen molar-refractivity contribution in [2.24, 2.45) is 11.0 Å². The van der Waals surface area contributed by atoms with Crippen LogP contribution in [0.1, 0.15) is 12.0 Å². The lowest BCUT2D eigenvalue weighted by Gasteiger charge is -2.20. The maximum absolute atomic E-state index is 11.1. The number of nitrogens with zero attached hydrogens (tertiary/aromatic N) is 1. The van der Waals surface area contributed by atoms with Crippen LogP contribution in [-0.4, -0.2) is 23.3 Å². The first-order valence-corrected chi connectivity index (χ1v) is 4.84. The summed E-state index contributed by atoms with van der Waals surface area (Å²) in [5.74, 6) is -0.338. The number of hydrogen-bond donors (Lipinski definition) is 2. The van der Waals surface area contributed by atoms with E-state index in [1.165, 1.54) is 0 Å². The van der Waals surface area contributed by atoms with Crippen molar-refractivity contribution in [3.8, 4) is 0 Å². The summed E-state index contributed by atoms with van der Waals surface area (Å²) < 4.78 is 0. The maximum atomic E-state index is 11.1. The number of hydrazone groups is 1. The number of rotatable bonds is 2. The highest BCUT2D eigenvalue weighted by molar-refractivity contribution is 6.05. The molecule has 0 aliphatic carbocycles. The monoisotopic (exact) mass is 204 g/mol. The molecule has 4 nitrogen and oxygen atoms in total. The third-order valence-electron chi connectivity index (χ3n) is 2.41. The van der Waals surface area contributed by atoms with Crippen molar-refractivity contribution in [3.63, 3.8) is 0 Å². The second kappa shape index (κ2) is 4.23. The molecule has 1 aromatic rings. The molecule has 1 atom stereocenters. The zero-order valence-corrected chi connectivity index (χ0v) is 8.18. The molecule has 1 aromatic carbocycles. The van der Waals surface area contributed by atoms with Gasteiger partial charge >= 0.3 is 0 Å². The summed E-state index contributed by atoms with van der Waals surface area (Å²) >= 11 is 0. The molecule has 1 aliphatic heterocycles. The van der Waals surface area contributed by atoms with E-state index in [0.717, 1.165) is 11.3 Å². The molecule has 0 aromatic heterocycles. The molecule has 1 unspecified atom stereocenters. The number of amides is 1. The zero-order chi connectivity index (χ0) is 10.7. The van der Waals surface area contributed by atoms with Gasteiger partial charge in [0.05, 0.1) is 12.3 Å². The maximum Gasteiger partial charge on any atom is 0.240 e. The summed E-state index contributed by atoms with van der Waals surface area (Å²) in [6.45, 7) is -0.0544. The van der Waals surface area contributed by atoms with Gasteiger partial charge in [-0.05, 0) is 5.56 Å². The molecular weight excluding hydrogens is 192 g/mol. The topological polar surface area (TPSA) is 61.7 Å². The molecule has 15 heavy (non-hydrogen) atoms. The zero-order valence-electron chi connectivity index (χ0n) is 8.18. The fourth-order valence-corrected chi connectivity index (χ4v) is 1.64.